The first-order valence-electron chi connectivity index (χ1n) is 10.9. The summed E-state index contributed by atoms with van der Waals surface area (Å²) in [6.07, 6.45) is 1.28. The molecule has 1 aromatic rings. The number of nitrogens with zero attached hydrogens (tertiary/aromatic N) is 3. The van der Waals surface area contributed by atoms with E-state index in [9.17, 15) is 9.59 Å². The summed E-state index contributed by atoms with van der Waals surface area (Å²) in [4.78, 5) is 31.4. The van der Waals surface area contributed by atoms with Crippen LogP contribution < -0.4 is 4.90 Å². The zero-order valence-corrected chi connectivity index (χ0v) is 18.7. The summed E-state index contributed by atoms with van der Waals surface area (Å²) in [5.41, 5.74) is 1.77. The Labute approximate surface area is 179 Å². The molecular formula is C23H35N3O4. The second-order valence-corrected chi connectivity index (χ2v) is 9.19. The van der Waals surface area contributed by atoms with Crippen LogP contribution in [0.5, 0.6) is 0 Å². The fourth-order valence-corrected chi connectivity index (χ4v) is 4.07. The number of hydrogen-bond donors (Lipinski definition) is 0. The summed E-state index contributed by atoms with van der Waals surface area (Å²) in [5, 5.41) is 0. The molecule has 0 spiro atoms. The number of ether oxygens (including phenoxy) is 2. The van der Waals surface area contributed by atoms with E-state index >= 15 is 0 Å². The number of para-hydroxylation sites is 1. The first-order valence-corrected chi connectivity index (χ1v) is 10.9. The maximum Gasteiger partial charge on any atom is 0.410 e. The highest BCUT2D eigenvalue weighted by atomic mass is 16.6. The van der Waals surface area contributed by atoms with Crippen molar-refractivity contribution in [3.8, 4) is 0 Å². The first-order chi connectivity index (χ1) is 14.2. The molecule has 30 heavy (non-hydrogen) atoms. The molecule has 2 amide bonds. The third-order valence-corrected chi connectivity index (χ3v) is 5.55. The molecule has 0 N–H and O–H groups in total. The van der Waals surface area contributed by atoms with Crippen molar-refractivity contribution >= 4 is 17.7 Å². The molecule has 0 aromatic heterocycles. The van der Waals surface area contributed by atoms with Crippen molar-refractivity contribution < 1.29 is 19.1 Å². The minimum atomic E-state index is -0.534. The van der Waals surface area contributed by atoms with Gasteiger partial charge in [-0.15, -0.1) is 0 Å². The van der Waals surface area contributed by atoms with Gasteiger partial charge in [0.15, 0.2) is 0 Å². The Morgan fingerprint density at radius 2 is 1.87 bits per heavy atom. The van der Waals surface area contributed by atoms with Gasteiger partial charge in [0.05, 0.1) is 19.1 Å². The molecular weight excluding hydrogens is 382 g/mol. The molecule has 166 valence electrons. The lowest BCUT2D eigenvalue weighted by atomic mass is 9.96. The summed E-state index contributed by atoms with van der Waals surface area (Å²) in [5.74, 6) is -0.105. The van der Waals surface area contributed by atoms with Gasteiger partial charge in [-0.05, 0) is 45.2 Å². The highest BCUT2D eigenvalue weighted by Crippen LogP contribution is 2.25. The first kappa shape index (κ1) is 22.4. The monoisotopic (exact) mass is 417 g/mol. The Morgan fingerprint density at radius 3 is 2.57 bits per heavy atom. The van der Waals surface area contributed by atoms with Crippen molar-refractivity contribution in [1.82, 2.24) is 9.80 Å². The van der Waals surface area contributed by atoms with Gasteiger partial charge in [0.2, 0.25) is 5.91 Å². The highest BCUT2D eigenvalue weighted by molar-refractivity contribution is 5.80. The maximum absolute atomic E-state index is 13.2. The van der Waals surface area contributed by atoms with Crippen LogP contribution in [0.25, 0.3) is 0 Å². The summed E-state index contributed by atoms with van der Waals surface area (Å²) in [7, 11) is 1.85. The number of amides is 2. The largest absolute Gasteiger partial charge is 0.444 e. The second-order valence-electron chi connectivity index (χ2n) is 9.19. The van der Waals surface area contributed by atoms with E-state index in [1.54, 1.807) is 9.80 Å². The Hall–Kier alpha value is -2.28. The van der Waals surface area contributed by atoms with Gasteiger partial charge in [-0.3, -0.25) is 4.79 Å². The maximum atomic E-state index is 13.2. The fourth-order valence-electron chi connectivity index (χ4n) is 4.07. The molecule has 0 saturated carbocycles. The quantitative estimate of drug-likeness (QED) is 0.753. The fraction of sp³-hybridized carbons (Fsp3) is 0.652. The lowest BCUT2D eigenvalue weighted by Gasteiger charge is -2.35. The number of hydrogen-bond acceptors (Lipinski definition) is 5. The summed E-state index contributed by atoms with van der Waals surface area (Å²) < 4.78 is 11.0. The lowest BCUT2D eigenvalue weighted by molar-refractivity contribution is -0.136. The third-order valence-electron chi connectivity index (χ3n) is 5.55. The SMILES string of the molecule is CN(Cc1ccccc1N1CCOCC1)C(=O)C1CCCN(C(=O)OC(C)(C)C)C1. The molecule has 3 rings (SSSR count). The van der Waals surface area contributed by atoms with Crippen molar-refractivity contribution in [2.75, 3.05) is 51.3 Å². The number of morpholine rings is 1. The van der Waals surface area contributed by atoms with Crippen LogP contribution in [0.3, 0.4) is 0 Å². The van der Waals surface area contributed by atoms with Crippen LogP contribution in [0.4, 0.5) is 10.5 Å². The lowest BCUT2D eigenvalue weighted by Crippen LogP contribution is -2.47. The zero-order chi connectivity index (χ0) is 21.7. The minimum absolute atomic E-state index is 0.0834. The van der Waals surface area contributed by atoms with Crippen LogP contribution in [0.2, 0.25) is 0 Å². The van der Waals surface area contributed by atoms with Crippen molar-refractivity contribution in [2.24, 2.45) is 5.92 Å². The van der Waals surface area contributed by atoms with Crippen molar-refractivity contribution in [3.63, 3.8) is 0 Å². The molecule has 2 aliphatic heterocycles. The van der Waals surface area contributed by atoms with Gasteiger partial charge in [0, 0.05) is 45.5 Å². The molecule has 2 saturated heterocycles. The average molecular weight is 418 g/mol. The van der Waals surface area contributed by atoms with Crippen LogP contribution in [0.15, 0.2) is 24.3 Å². The Balaban J connectivity index is 1.63. The van der Waals surface area contributed by atoms with E-state index in [-0.39, 0.29) is 17.9 Å². The smallest absolute Gasteiger partial charge is 0.410 e. The van der Waals surface area contributed by atoms with Gasteiger partial charge in [0.1, 0.15) is 5.60 Å². The van der Waals surface area contributed by atoms with Gasteiger partial charge in [-0.1, -0.05) is 18.2 Å². The molecule has 2 fully saturated rings. The van der Waals surface area contributed by atoms with Gasteiger partial charge in [0.25, 0.3) is 0 Å². The molecule has 0 radical (unpaired) electrons. The van der Waals surface area contributed by atoms with Gasteiger partial charge in [-0.2, -0.15) is 0 Å². The van der Waals surface area contributed by atoms with Gasteiger partial charge >= 0.3 is 6.09 Å². The second kappa shape index (κ2) is 9.69. The molecule has 7 heteroatoms. The predicted octanol–water partition coefficient (Wildman–Crippen LogP) is 3.13. The molecule has 1 unspecified atom stereocenters. The number of rotatable bonds is 4. The van der Waals surface area contributed by atoms with E-state index in [0.717, 1.165) is 44.7 Å². The van der Waals surface area contributed by atoms with Crippen LogP contribution in [0.1, 0.15) is 39.2 Å². The van der Waals surface area contributed by atoms with Crippen LogP contribution in [-0.4, -0.2) is 73.8 Å². The topological polar surface area (TPSA) is 62.3 Å². The van der Waals surface area contributed by atoms with Crippen molar-refractivity contribution in [1.29, 1.82) is 0 Å². The summed E-state index contributed by atoms with van der Waals surface area (Å²) >= 11 is 0. The third kappa shape index (κ3) is 5.88. The number of carbonyl (C=O) groups is 2. The molecule has 2 aliphatic rings. The van der Waals surface area contributed by atoms with Gasteiger partial charge < -0.3 is 24.2 Å². The molecule has 0 aliphatic carbocycles. The van der Waals surface area contributed by atoms with Crippen LogP contribution in [0, 0.1) is 5.92 Å². The Kier molecular flexibility index (Phi) is 7.23. The van der Waals surface area contributed by atoms with Crippen molar-refractivity contribution in [2.45, 2.75) is 45.8 Å². The number of likely N-dealkylation sites (tertiary alicyclic amines) is 1. The van der Waals surface area contributed by atoms with E-state index < -0.39 is 5.60 Å². The standard InChI is InChI=1S/C23H35N3O4/c1-23(2,3)30-22(28)26-11-7-9-19(17-26)21(27)24(4)16-18-8-5-6-10-20(18)25-12-14-29-15-13-25/h5-6,8,10,19H,7,9,11-17H2,1-4H3. The zero-order valence-electron chi connectivity index (χ0n) is 18.7. The average Bonchev–Trinajstić information content (AvgIpc) is 2.73. The summed E-state index contributed by atoms with van der Waals surface area (Å²) in [6, 6.07) is 8.25. The van der Waals surface area contributed by atoms with Crippen LogP contribution in [-0.2, 0) is 20.8 Å². The Morgan fingerprint density at radius 1 is 1.17 bits per heavy atom. The molecule has 1 atom stereocenters. The van der Waals surface area contributed by atoms with E-state index in [2.05, 4.69) is 17.0 Å². The predicted molar refractivity (Wildman–Crippen MR) is 116 cm³/mol. The van der Waals surface area contributed by atoms with E-state index in [1.165, 1.54) is 5.69 Å². The summed E-state index contributed by atoms with van der Waals surface area (Å²) in [6.45, 7) is 10.4. The Bertz CT molecular complexity index is 740. The highest BCUT2D eigenvalue weighted by Gasteiger charge is 2.32. The number of piperidine rings is 1. The van der Waals surface area contributed by atoms with E-state index in [0.29, 0.717) is 19.6 Å². The van der Waals surface area contributed by atoms with Crippen LogP contribution >= 0.6 is 0 Å². The van der Waals surface area contributed by atoms with E-state index in [4.69, 9.17) is 9.47 Å². The molecule has 2 heterocycles. The van der Waals surface area contributed by atoms with E-state index in [1.807, 2.05) is 40.0 Å². The number of anilines is 1. The minimum Gasteiger partial charge on any atom is -0.444 e. The normalized spacial score (nSPS) is 20.1. The van der Waals surface area contributed by atoms with Gasteiger partial charge in [-0.25, -0.2) is 4.79 Å². The van der Waals surface area contributed by atoms with Crippen molar-refractivity contribution in [3.05, 3.63) is 29.8 Å². The number of carbonyl (C=O) groups excluding carboxylic acids is 2. The molecule has 7 nitrogen and oxygen atoms in total. The molecule has 0 bridgehead atoms. The number of benzene rings is 1. The molecule has 1 aromatic carbocycles.